The van der Waals surface area contributed by atoms with Gasteiger partial charge in [-0.1, -0.05) is 31.9 Å². The van der Waals surface area contributed by atoms with Gasteiger partial charge in [-0.3, -0.25) is 4.79 Å². The molecule has 0 radical (unpaired) electrons. The Kier molecular flexibility index (Phi) is 5.03. The Morgan fingerprint density at radius 2 is 2.26 bits per heavy atom. The molecule has 0 bridgehead atoms. The lowest BCUT2D eigenvalue weighted by Crippen LogP contribution is -2.51. The van der Waals surface area contributed by atoms with Crippen LogP contribution in [0.15, 0.2) is 22.7 Å². The van der Waals surface area contributed by atoms with Gasteiger partial charge in [0.05, 0.1) is 18.8 Å². The molecule has 1 aromatic rings. The van der Waals surface area contributed by atoms with Crippen molar-refractivity contribution < 1.29 is 9.53 Å². The Balaban J connectivity index is 2.22. The van der Waals surface area contributed by atoms with Crippen molar-refractivity contribution in [3.63, 3.8) is 0 Å². The number of morpholine rings is 1. The zero-order chi connectivity index (χ0) is 14.0. The summed E-state index contributed by atoms with van der Waals surface area (Å²) in [4.78, 5) is 14.6. The first kappa shape index (κ1) is 15.0. The topological polar surface area (TPSA) is 29.5 Å². The molecule has 1 amide bonds. The van der Waals surface area contributed by atoms with Gasteiger partial charge < -0.3 is 9.64 Å². The summed E-state index contributed by atoms with van der Waals surface area (Å²) in [5.41, 5.74) is 1.76. The molecule has 1 aliphatic rings. The maximum absolute atomic E-state index is 12.6. The molecule has 0 spiro atoms. The molecule has 0 aromatic heterocycles. The summed E-state index contributed by atoms with van der Waals surface area (Å²) in [5, 5.41) is 0.753. The summed E-state index contributed by atoms with van der Waals surface area (Å²) in [6.45, 7) is 5.22. The number of ether oxygens (including phenoxy) is 1. The molecule has 5 heteroatoms. The second-order valence-corrected chi connectivity index (χ2v) is 6.44. The molecule has 0 saturated carbocycles. The van der Waals surface area contributed by atoms with Crippen molar-refractivity contribution in [3.8, 4) is 0 Å². The van der Waals surface area contributed by atoms with Crippen LogP contribution in [0.2, 0.25) is 0 Å². The molecule has 2 rings (SSSR count). The van der Waals surface area contributed by atoms with E-state index in [0.717, 1.165) is 20.9 Å². The van der Waals surface area contributed by atoms with E-state index in [1.165, 1.54) is 0 Å². The van der Waals surface area contributed by atoms with Crippen LogP contribution in [-0.2, 0) is 4.74 Å². The number of hydrogen-bond acceptors (Lipinski definition) is 2. The minimum Gasteiger partial charge on any atom is -0.373 e. The molecule has 1 aliphatic heterocycles. The van der Waals surface area contributed by atoms with Crippen molar-refractivity contribution in [2.45, 2.75) is 26.0 Å². The SMILES string of the molecule is Cc1cc(Br)ccc1C(=O)N1CC(CBr)OCC1C. The van der Waals surface area contributed by atoms with Gasteiger partial charge in [0.15, 0.2) is 0 Å². The highest BCUT2D eigenvalue weighted by Gasteiger charge is 2.30. The third kappa shape index (κ3) is 3.38. The largest absolute Gasteiger partial charge is 0.373 e. The van der Waals surface area contributed by atoms with Crippen LogP contribution >= 0.6 is 31.9 Å². The van der Waals surface area contributed by atoms with E-state index in [2.05, 4.69) is 31.9 Å². The third-order valence-corrected chi connectivity index (χ3v) is 4.57. The third-order valence-electron chi connectivity index (χ3n) is 3.36. The maximum atomic E-state index is 12.6. The highest BCUT2D eigenvalue weighted by Crippen LogP contribution is 2.21. The molecule has 1 aromatic carbocycles. The van der Waals surface area contributed by atoms with Crippen LogP contribution in [0.1, 0.15) is 22.8 Å². The Bertz CT molecular complexity index is 479. The van der Waals surface area contributed by atoms with E-state index >= 15 is 0 Å². The van der Waals surface area contributed by atoms with Crippen LogP contribution in [0.3, 0.4) is 0 Å². The summed E-state index contributed by atoms with van der Waals surface area (Å²) in [5.74, 6) is 0.0896. The van der Waals surface area contributed by atoms with E-state index in [0.29, 0.717) is 13.2 Å². The number of amides is 1. The highest BCUT2D eigenvalue weighted by atomic mass is 79.9. The first-order valence-corrected chi connectivity index (χ1v) is 8.19. The second kappa shape index (κ2) is 6.37. The Hall–Kier alpha value is -0.390. The van der Waals surface area contributed by atoms with Gasteiger partial charge in [0.2, 0.25) is 0 Å². The molecular weight excluding hydrogens is 374 g/mol. The molecule has 1 saturated heterocycles. The average Bonchev–Trinajstić information content (AvgIpc) is 2.38. The molecule has 104 valence electrons. The Morgan fingerprint density at radius 3 is 2.89 bits per heavy atom. The highest BCUT2D eigenvalue weighted by molar-refractivity contribution is 9.10. The molecule has 1 fully saturated rings. The van der Waals surface area contributed by atoms with Gasteiger partial charge in [0.25, 0.3) is 5.91 Å². The van der Waals surface area contributed by atoms with Gasteiger partial charge in [-0.05, 0) is 37.6 Å². The lowest BCUT2D eigenvalue weighted by atomic mass is 10.1. The summed E-state index contributed by atoms with van der Waals surface area (Å²) in [6.07, 6.45) is 0.0795. The van der Waals surface area contributed by atoms with Crippen LogP contribution in [0.25, 0.3) is 0 Å². The van der Waals surface area contributed by atoms with E-state index in [1.54, 1.807) is 0 Å². The number of alkyl halides is 1. The fourth-order valence-corrected chi connectivity index (χ4v) is 3.08. The predicted molar refractivity (Wildman–Crippen MR) is 82.9 cm³/mol. The van der Waals surface area contributed by atoms with E-state index < -0.39 is 0 Å². The summed E-state index contributed by atoms with van der Waals surface area (Å²) >= 11 is 6.84. The van der Waals surface area contributed by atoms with Crippen LogP contribution in [0.5, 0.6) is 0 Å². The van der Waals surface area contributed by atoms with Crippen LogP contribution in [0, 0.1) is 6.92 Å². The molecule has 3 nitrogen and oxygen atoms in total. The van der Waals surface area contributed by atoms with Crippen LogP contribution in [0.4, 0.5) is 0 Å². The number of carbonyl (C=O) groups excluding carboxylic acids is 1. The summed E-state index contributed by atoms with van der Waals surface area (Å²) < 4.78 is 6.65. The van der Waals surface area contributed by atoms with E-state index in [-0.39, 0.29) is 18.1 Å². The number of nitrogens with zero attached hydrogens (tertiary/aromatic N) is 1. The molecule has 19 heavy (non-hydrogen) atoms. The quantitative estimate of drug-likeness (QED) is 0.724. The van der Waals surface area contributed by atoms with E-state index in [4.69, 9.17) is 4.74 Å². The summed E-state index contributed by atoms with van der Waals surface area (Å²) in [6, 6.07) is 5.88. The van der Waals surface area contributed by atoms with Crippen LogP contribution in [-0.4, -0.2) is 41.4 Å². The zero-order valence-electron chi connectivity index (χ0n) is 11.0. The van der Waals surface area contributed by atoms with E-state index in [9.17, 15) is 4.79 Å². The first-order chi connectivity index (χ1) is 9.02. The summed E-state index contributed by atoms with van der Waals surface area (Å²) in [7, 11) is 0. The number of aryl methyl sites for hydroxylation is 1. The van der Waals surface area contributed by atoms with Crippen molar-refractivity contribution in [1.29, 1.82) is 0 Å². The normalized spacial score (nSPS) is 23.5. The smallest absolute Gasteiger partial charge is 0.254 e. The van der Waals surface area contributed by atoms with Gasteiger partial charge in [-0.25, -0.2) is 0 Å². The average molecular weight is 391 g/mol. The standard InChI is InChI=1S/C14H17Br2NO2/c1-9-5-11(16)3-4-13(9)14(18)17-7-12(6-15)19-8-10(17)2/h3-5,10,12H,6-8H2,1-2H3. The zero-order valence-corrected chi connectivity index (χ0v) is 14.2. The van der Waals surface area contributed by atoms with Gasteiger partial charge in [0, 0.05) is 21.9 Å². The lowest BCUT2D eigenvalue weighted by Gasteiger charge is -2.37. The van der Waals surface area contributed by atoms with Gasteiger partial charge in [-0.2, -0.15) is 0 Å². The molecule has 0 aliphatic carbocycles. The second-order valence-electron chi connectivity index (χ2n) is 4.88. The van der Waals surface area contributed by atoms with Crippen molar-refractivity contribution in [2.75, 3.05) is 18.5 Å². The lowest BCUT2D eigenvalue weighted by molar-refractivity contribution is -0.0361. The van der Waals surface area contributed by atoms with Crippen molar-refractivity contribution >= 4 is 37.8 Å². The van der Waals surface area contributed by atoms with Gasteiger partial charge in [-0.15, -0.1) is 0 Å². The number of hydrogen-bond donors (Lipinski definition) is 0. The minimum atomic E-state index is 0.0795. The van der Waals surface area contributed by atoms with E-state index in [1.807, 2.05) is 36.9 Å². The Labute approximate surface area is 130 Å². The molecule has 0 N–H and O–H groups in total. The van der Waals surface area contributed by atoms with Crippen LogP contribution < -0.4 is 0 Å². The number of carbonyl (C=O) groups is 1. The number of benzene rings is 1. The van der Waals surface area contributed by atoms with Crippen molar-refractivity contribution in [3.05, 3.63) is 33.8 Å². The molecule has 2 unspecified atom stereocenters. The molecule has 1 heterocycles. The van der Waals surface area contributed by atoms with Crippen molar-refractivity contribution in [1.82, 2.24) is 4.90 Å². The van der Waals surface area contributed by atoms with Crippen molar-refractivity contribution in [2.24, 2.45) is 0 Å². The molecular formula is C14H17Br2NO2. The molecule has 2 atom stereocenters. The Morgan fingerprint density at radius 1 is 1.53 bits per heavy atom. The minimum absolute atomic E-state index is 0.0795. The van der Waals surface area contributed by atoms with Gasteiger partial charge in [0.1, 0.15) is 0 Å². The first-order valence-electron chi connectivity index (χ1n) is 6.27. The maximum Gasteiger partial charge on any atom is 0.254 e. The fourth-order valence-electron chi connectivity index (χ4n) is 2.22. The fraction of sp³-hybridized carbons (Fsp3) is 0.500. The van der Waals surface area contributed by atoms with Gasteiger partial charge >= 0.3 is 0 Å². The monoisotopic (exact) mass is 389 g/mol. The number of rotatable bonds is 2. The predicted octanol–water partition coefficient (Wildman–Crippen LogP) is 3.38. The number of halogens is 2.